The number of carbonyl (C=O) groups is 1. The summed E-state index contributed by atoms with van der Waals surface area (Å²) in [6, 6.07) is 6.19. The van der Waals surface area contributed by atoms with Crippen LogP contribution in [0.25, 0.3) is 0 Å². The molecule has 0 saturated heterocycles. The smallest absolute Gasteiger partial charge is 0.163 e. The van der Waals surface area contributed by atoms with Crippen LogP contribution < -0.4 is 0 Å². The lowest BCUT2D eigenvalue weighted by atomic mass is 9.99. The number of benzene rings is 1. The molecule has 0 aromatic heterocycles. The van der Waals surface area contributed by atoms with Gasteiger partial charge >= 0.3 is 0 Å². The van der Waals surface area contributed by atoms with E-state index in [4.69, 9.17) is 13.5 Å². The van der Waals surface area contributed by atoms with E-state index in [1.54, 1.807) is 0 Å². The first kappa shape index (κ1) is 7.67. The van der Waals surface area contributed by atoms with E-state index in [1.165, 1.54) is 18.2 Å². The van der Waals surface area contributed by atoms with Gasteiger partial charge in [0.25, 0.3) is 0 Å². The van der Waals surface area contributed by atoms with Gasteiger partial charge in [0.1, 0.15) is 0 Å². The summed E-state index contributed by atoms with van der Waals surface area (Å²) in [5, 5.41) is 18.1. The Morgan fingerprint density at radius 1 is 1.56 bits per heavy atom. The van der Waals surface area contributed by atoms with Crippen molar-refractivity contribution in [2.24, 2.45) is 0 Å². The van der Waals surface area contributed by atoms with Crippen molar-refractivity contribution in [3.05, 3.63) is 34.9 Å². The van der Waals surface area contributed by atoms with E-state index in [9.17, 15) is 9.90 Å². The van der Waals surface area contributed by atoms with Crippen LogP contribution in [-0.2, 0) is 6.61 Å². The molecule has 0 heterocycles. The first-order valence-electron chi connectivity index (χ1n) is 8.45. The van der Waals surface area contributed by atoms with E-state index in [1.807, 2.05) is 6.07 Å². The van der Waals surface area contributed by atoms with Gasteiger partial charge in [0.05, 0.1) is 18.2 Å². The van der Waals surface area contributed by atoms with E-state index < -0.39 is 20.6 Å². The Labute approximate surface area is 116 Å². The molecule has 1 N–H and O–H groups in total. The minimum absolute atomic E-state index is 0.0421. The van der Waals surface area contributed by atoms with E-state index in [0.29, 0.717) is 16.0 Å². The second-order valence-electron chi connectivity index (χ2n) is 3.82. The molecule has 18 heavy (non-hydrogen) atoms. The van der Waals surface area contributed by atoms with Crippen molar-refractivity contribution >= 4 is 5.78 Å². The summed E-state index contributed by atoms with van der Waals surface area (Å²) in [7, 11) is 0. The molecule has 4 heteroatoms. The number of Topliss-reactive ketones (excluding diaryl/α,β-unsaturated/α-hetero) is 1. The third kappa shape index (κ3) is 3.95. The highest BCUT2D eigenvalue weighted by Gasteiger charge is 2.11. The molecule has 0 aliphatic carbocycles. The third-order valence-corrected chi connectivity index (χ3v) is 2.49. The molecule has 0 radical (unpaired) electrons. The van der Waals surface area contributed by atoms with Gasteiger partial charge < -0.3 is 10.0 Å². The lowest BCUT2D eigenvalue weighted by Gasteiger charge is -2.10. The molecule has 0 spiro atoms. The summed E-state index contributed by atoms with van der Waals surface area (Å²) in [6.45, 7) is -6.26. The molecule has 96 valence electrons. The van der Waals surface area contributed by atoms with Crippen LogP contribution in [0.4, 0.5) is 0 Å². The Bertz CT molecular complexity index is 620. The molecular formula is C14H18N2O2. The first-order valence-corrected chi connectivity index (χ1v) is 5.45. The molecule has 1 aromatic rings. The van der Waals surface area contributed by atoms with E-state index >= 15 is 0 Å². The van der Waals surface area contributed by atoms with E-state index in [2.05, 4.69) is 0 Å². The molecule has 0 atom stereocenters. The van der Waals surface area contributed by atoms with Gasteiger partial charge in [0, 0.05) is 20.2 Å². The van der Waals surface area contributed by atoms with Crippen molar-refractivity contribution in [3.8, 4) is 6.07 Å². The number of rotatable bonds is 6. The SMILES string of the molecule is [2H]C([2H])([2H])N(CCCC(=O)c1ccc(C#N)cc1CO)C([2H])([2H])[2H]. The van der Waals surface area contributed by atoms with Crippen molar-refractivity contribution in [1.29, 1.82) is 5.26 Å². The number of aliphatic hydroxyl groups is 1. The second kappa shape index (κ2) is 6.90. The van der Waals surface area contributed by atoms with Gasteiger partial charge in [0.15, 0.2) is 5.78 Å². The van der Waals surface area contributed by atoms with Crippen LogP contribution in [-0.4, -0.2) is 36.3 Å². The zero-order valence-electron chi connectivity index (χ0n) is 15.8. The fraction of sp³-hybridized carbons (Fsp3) is 0.429. The van der Waals surface area contributed by atoms with Crippen LogP contribution >= 0.6 is 0 Å². The number of carbonyl (C=O) groups excluding carboxylic acids is 1. The zero-order valence-corrected chi connectivity index (χ0v) is 9.81. The highest BCUT2D eigenvalue weighted by Crippen LogP contribution is 2.15. The maximum absolute atomic E-state index is 12.2. The molecule has 0 amide bonds. The minimum atomic E-state index is -2.78. The Morgan fingerprint density at radius 2 is 2.33 bits per heavy atom. The number of nitrogens with zero attached hydrogens (tertiary/aromatic N) is 2. The van der Waals surface area contributed by atoms with Gasteiger partial charge in [-0.3, -0.25) is 4.79 Å². The van der Waals surface area contributed by atoms with E-state index in [-0.39, 0.29) is 30.7 Å². The largest absolute Gasteiger partial charge is 0.392 e. The summed E-state index contributed by atoms with van der Waals surface area (Å²) in [5.41, 5.74) is 0.861. The third-order valence-electron chi connectivity index (χ3n) is 2.49. The lowest BCUT2D eigenvalue weighted by Crippen LogP contribution is -2.14. The van der Waals surface area contributed by atoms with Crippen molar-refractivity contribution in [1.82, 2.24) is 4.90 Å². The average Bonchev–Trinajstić information content (AvgIpc) is 2.47. The van der Waals surface area contributed by atoms with Gasteiger partial charge in [0.2, 0.25) is 0 Å². The normalized spacial score (nSPS) is 16.7. The molecule has 0 fully saturated rings. The monoisotopic (exact) mass is 252 g/mol. The number of nitriles is 1. The number of ketones is 1. The Morgan fingerprint density at radius 3 is 2.94 bits per heavy atom. The summed E-state index contributed by atoms with van der Waals surface area (Å²) in [6.07, 6.45) is -0.0258. The summed E-state index contributed by atoms with van der Waals surface area (Å²) >= 11 is 0. The fourth-order valence-electron chi connectivity index (χ4n) is 1.60. The highest BCUT2D eigenvalue weighted by molar-refractivity contribution is 5.97. The van der Waals surface area contributed by atoms with Crippen LogP contribution in [0.1, 0.15) is 42.6 Å². The topological polar surface area (TPSA) is 64.3 Å². The van der Waals surface area contributed by atoms with Crippen molar-refractivity contribution in [2.75, 3.05) is 20.5 Å². The van der Waals surface area contributed by atoms with Crippen molar-refractivity contribution < 1.29 is 18.1 Å². The molecule has 0 bridgehead atoms. The second-order valence-corrected chi connectivity index (χ2v) is 3.82. The zero-order chi connectivity index (χ0) is 18.5. The van der Waals surface area contributed by atoms with Crippen molar-refractivity contribution in [3.63, 3.8) is 0 Å². The van der Waals surface area contributed by atoms with Crippen LogP contribution in [0.3, 0.4) is 0 Å². The van der Waals surface area contributed by atoms with Crippen LogP contribution in [0, 0.1) is 11.3 Å². The molecule has 1 rings (SSSR count). The van der Waals surface area contributed by atoms with Gasteiger partial charge in [-0.15, -0.1) is 0 Å². The average molecular weight is 252 g/mol. The van der Waals surface area contributed by atoms with Gasteiger partial charge in [-0.25, -0.2) is 0 Å². The molecular weight excluding hydrogens is 228 g/mol. The molecule has 0 unspecified atom stereocenters. The quantitative estimate of drug-likeness (QED) is 0.781. The highest BCUT2D eigenvalue weighted by atomic mass is 16.3. The molecule has 0 saturated carbocycles. The van der Waals surface area contributed by atoms with E-state index in [0.717, 1.165) is 0 Å². The first-order chi connectivity index (χ1) is 11.0. The maximum Gasteiger partial charge on any atom is 0.163 e. The molecule has 4 nitrogen and oxygen atoms in total. The van der Waals surface area contributed by atoms with Crippen LogP contribution in [0.5, 0.6) is 0 Å². The fourth-order valence-corrected chi connectivity index (χ4v) is 1.60. The van der Waals surface area contributed by atoms with Gasteiger partial charge in [-0.1, -0.05) is 0 Å². The Hall–Kier alpha value is -1.70. The van der Waals surface area contributed by atoms with Gasteiger partial charge in [-0.2, -0.15) is 5.26 Å². The van der Waals surface area contributed by atoms with Gasteiger partial charge in [-0.05, 0) is 50.7 Å². The maximum atomic E-state index is 12.2. The van der Waals surface area contributed by atoms with Crippen molar-refractivity contribution in [2.45, 2.75) is 19.4 Å². The Kier molecular flexibility index (Phi) is 2.94. The Balaban J connectivity index is 2.78. The molecule has 0 aliphatic heterocycles. The summed E-state index contributed by atoms with van der Waals surface area (Å²) in [4.78, 5) is 12.6. The number of aliphatic hydroxyl groups excluding tert-OH is 1. The predicted molar refractivity (Wildman–Crippen MR) is 69.2 cm³/mol. The predicted octanol–water partition coefficient (Wildman–Crippen LogP) is 1.58. The number of hydrogen-bond donors (Lipinski definition) is 1. The lowest BCUT2D eigenvalue weighted by molar-refractivity contribution is 0.0974. The summed E-state index contributed by atoms with van der Waals surface area (Å²) < 4.78 is 43.5. The molecule has 1 aromatic carbocycles. The van der Waals surface area contributed by atoms with Crippen LogP contribution in [0.2, 0.25) is 0 Å². The van der Waals surface area contributed by atoms with Crippen LogP contribution in [0.15, 0.2) is 18.2 Å². The molecule has 0 aliphatic rings. The summed E-state index contributed by atoms with van der Waals surface area (Å²) in [5.74, 6) is -0.348. The number of hydrogen-bond acceptors (Lipinski definition) is 4. The minimum Gasteiger partial charge on any atom is -0.392 e. The standard InChI is InChI=1S/C14H18N2O2/c1-16(2)7-3-4-14(18)13-6-5-11(9-15)8-12(13)10-17/h5-6,8,17H,3-4,7,10H2,1-2H3/i1D3,2D3.